The maximum absolute atomic E-state index is 11.9. The number of nitrogens with one attached hydrogen (secondary N) is 1. The van der Waals surface area contributed by atoms with Crippen LogP contribution in [0.15, 0.2) is 21.9 Å². The lowest BCUT2D eigenvalue weighted by Gasteiger charge is -2.09. The molecule has 0 unspecified atom stereocenters. The number of hydrogen-bond donors (Lipinski definition) is 1. The zero-order valence-corrected chi connectivity index (χ0v) is 11.2. The van der Waals surface area contributed by atoms with Crippen molar-refractivity contribution in [2.24, 2.45) is 0 Å². The van der Waals surface area contributed by atoms with Crippen LogP contribution in [0.3, 0.4) is 0 Å². The summed E-state index contributed by atoms with van der Waals surface area (Å²) in [6, 6.07) is 1.55. The molecule has 0 aliphatic heterocycles. The Bertz CT molecular complexity index is 693. The minimum atomic E-state index is -0.674. The topological polar surface area (TPSA) is 77.0 Å². The third kappa shape index (κ3) is 3.02. The van der Waals surface area contributed by atoms with Gasteiger partial charge in [0, 0.05) is 19.2 Å². The van der Waals surface area contributed by atoms with Gasteiger partial charge in [0.2, 0.25) is 0 Å². The first-order chi connectivity index (χ1) is 9.13. The van der Waals surface area contributed by atoms with Crippen molar-refractivity contribution in [3.05, 3.63) is 38.1 Å². The minimum absolute atomic E-state index is 0.266. The number of hydrogen-bond acceptors (Lipinski definition) is 4. The zero-order chi connectivity index (χ0) is 13.8. The van der Waals surface area contributed by atoms with Gasteiger partial charge in [-0.2, -0.15) is 0 Å². The first kappa shape index (κ1) is 13.8. The Morgan fingerprint density at radius 2 is 2.21 bits per heavy atom. The van der Waals surface area contributed by atoms with Crippen LogP contribution in [0, 0.1) is 0 Å². The van der Waals surface area contributed by atoms with Crippen molar-refractivity contribution < 1.29 is 4.74 Å². The molecule has 0 bridgehead atoms. The van der Waals surface area contributed by atoms with Crippen molar-refractivity contribution in [2.45, 2.75) is 19.9 Å². The molecule has 2 heterocycles. The number of aromatic nitrogens is 3. The molecule has 102 valence electrons. The molecule has 0 saturated carbocycles. The molecule has 0 radical (unpaired) electrons. The molecular formula is C12H14ClN3O3. The molecule has 0 saturated heterocycles. The van der Waals surface area contributed by atoms with Crippen molar-refractivity contribution in [1.29, 1.82) is 0 Å². The maximum atomic E-state index is 11.9. The van der Waals surface area contributed by atoms with E-state index in [2.05, 4.69) is 9.97 Å². The summed E-state index contributed by atoms with van der Waals surface area (Å²) in [5.41, 5.74) is -0.267. The van der Waals surface area contributed by atoms with Crippen molar-refractivity contribution in [3.63, 3.8) is 0 Å². The van der Waals surface area contributed by atoms with Gasteiger partial charge in [-0.15, -0.1) is 0 Å². The summed E-state index contributed by atoms with van der Waals surface area (Å²) in [5, 5.41) is 0.266. The number of pyridine rings is 1. The molecule has 0 spiro atoms. The van der Waals surface area contributed by atoms with Gasteiger partial charge in [-0.05, 0) is 6.42 Å². The van der Waals surface area contributed by atoms with Crippen LogP contribution in [0.1, 0.15) is 13.3 Å². The van der Waals surface area contributed by atoms with E-state index in [1.807, 2.05) is 6.92 Å². The average molecular weight is 284 g/mol. The summed E-state index contributed by atoms with van der Waals surface area (Å²) in [6.45, 7) is 3.30. The average Bonchev–Trinajstić information content (AvgIpc) is 2.39. The third-order valence-corrected chi connectivity index (χ3v) is 2.84. The highest BCUT2D eigenvalue weighted by molar-refractivity contribution is 6.29. The molecular weight excluding hydrogens is 270 g/mol. The molecule has 2 aromatic heterocycles. The maximum Gasteiger partial charge on any atom is 0.316 e. The van der Waals surface area contributed by atoms with Gasteiger partial charge in [0.15, 0.2) is 0 Å². The molecule has 0 atom stereocenters. The van der Waals surface area contributed by atoms with E-state index < -0.39 is 11.1 Å². The fourth-order valence-corrected chi connectivity index (χ4v) is 1.92. The molecule has 0 aliphatic rings. The lowest BCUT2D eigenvalue weighted by molar-refractivity contribution is 0.127. The predicted molar refractivity (Wildman–Crippen MR) is 72.7 cm³/mol. The number of ether oxygens (including phenoxy) is 1. The summed E-state index contributed by atoms with van der Waals surface area (Å²) < 4.78 is 6.70. The fourth-order valence-electron chi connectivity index (χ4n) is 1.77. The van der Waals surface area contributed by atoms with Gasteiger partial charge in [-0.3, -0.25) is 14.2 Å². The number of H-pyrrole nitrogens is 1. The molecule has 0 fully saturated rings. The summed E-state index contributed by atoms with van der Waals surface area (Å²) >= 11 is 5.82. The highest BCUT2D eigenvalue weighted by Gasteiger charge is 2.08. The summed E-state index contributed by atoms with van der Waals surface area (Å²) in [6.07, 6.45) is 2.34. The summed E-state index contributed by atoms with van der Waals surface area (Å²) in [5.74, 6) is 0. The zero-order valence-electron chi connectivity index (χ0n) is 10.5. The summed E-state index contributed by atoms with van der Waals surface area (Å²) in [7, 11) is 0. The van der Waals surface area contributed by atoms with Gasteiger partial charge in [0.25, 0.3) is 0 Å². The SMILES string of the molecule is CCCOCCn1c(=O)c(=O)[nH]c2cnc(Cl)cc21. The Labute approximate surface area is 114 Å². The van der Waals surface area contributed by atoms with E-state index in [9.17, 15) is 9.59 Å². The predicted octanol–water partition coefficient (Wildman–Crippen LogP) is 1.16. The van der Waals surface area contributed by atoms with E-state index in [4.69, 9.17) is 16.3 Å². The van der Waals surface area contributed by atoms with Crippen LogP contribution >= 0.6 is 11.6 Å². The van der Waals surface area contributed by atoms with E-state index in [-0.39, 0.29) is 5.15 Å². The molecule has 19 heavy (non-hydrogen) atoms. The van der Waals surface area contributed by atoms with Crippen molar-refractivity contribution in [1.82, 2.24) is 14.5 Å². The molecule has 2 aromatic rings. The van der Waals surface area contributed by atoms with Crippen molar-refractivity contribution in [2.75, 3.05) is 13.2 Å². The smallest absolute Gasteiger partial charge is 0.316 e. The molecule has 1 N–H and O–H groups in total. The Morgan fingerprint density at radius 3 is 2.95 bits per heavy atom. The van der Waals surface area contributed by atoms with E-state index >= 15 is 0 Å². The van der Waals surface area contributed by atoms with E-state index in [1.165, 1.54) is 10.8 Å². The number of nitrogens with zero attached hydrogens (tertiary/aromatic N) is 2. The lowest BCUT2D eigenvalue weighted by atomic mass is 10.3. The first-order valence-electron chi connectivity index (χ1n) is 5.99. The molecule has 6 nitrogen and oxygen atoms in total. The van der Waals surface area contributed by atoms with E-state index in [0.717, 1.165) is 6.42 Å². The minimum Gasteiger partial charge on any atom is -0.380 e. The lowest BCUT2D eigenvalue weighted by Crippen LogP contribution is -2.37. The number of halogens is 1. The normalized spacial score (nSPS) is 11.1. The van der Waals surface area contributed by atoms with Gasteiger partial charge in [0.1, 0.15) is 5.15 Å². The second-order valence-corrected chi connectivity index (χ2v) is 4.43. The van der Waals surface area contributed by atoms with E-state index in [1.54, 1.807) is 6.07 Å². The van der Waals surface area contributed by atoms with Crippen LogP contribution < -0.4 is 11.1 Å². The highest BCUT2D eigenvalue weighted by atomic mass is 35.5. The molecule has 0 aromatic carbocycles. The Balaban J connectivity index is 2.44. The van der Waals surface area contributed by atoms with Crippen LogP contribution in [0.25, 0.3) is 11.0 Å². The largest absolute Gasteiger partial charge is 0.380 e. The number of rotatable bonds is 5. The first-order valence-corrected chi connectivity index (χ1v) is 6.37. The van der Waals surface area contributed by atoms with Gasteiger partial charge in [-0.1, -0.05) is 18.5 Å². The second-order valence-electron chi connectivity index (χ2n) is 4.05. The molecule has 0 amide bonds. The highest BCUT2D eigenvalue weighted by Crippen LogP contribution is 2.12. The summed E-state index contributed by atoms with van der Waals surface area (Å²) in [4.78, 5) is 29.7. The fraction of sp³-hybridized carbons (Fsp3) is 0.417. The Hall–Kier alpha value is -1.66. The van der Waals surface area contributed by atoms with Gasteiger partial charge in [0.05, 0.1) is 23.8 Å². The van der Waals surface area contributed by atoms with Crippen LogP contribution in [-0.2, 0) is 11.3 Å². The van der Waals surface area contributed by atoms with Crippen LogP contribution in [-0.4, -0.2) is 27.7 Å². The van der Waals surface area contributed by atoms with E-state index in [0.29, 0.717) is 30.8 Å². The third-order valence-electron chi connectivity index (χ3n) is 2.63. The van der Waals surface area contributed by atoms with Crippen molar-refractivity contribution >= 4 is 22.6 Å². The van der Waals surface area contributed by atoms with Gasteiger partial charge in [-0.25, -0.2) is 4.98 Å². The monoisotopic (exact) mass is 283 g/mol. The molecule has 7 heteroatoms. The Kier molecular flexibility index (Phi) is 4.34. The number of aromatic amines is 1. The van der Waals surface area contributed by atoms with Gasteiger partial charge >= 0.3 is 11.1 Å². The van der Waals surface area contributed by atoms with Crippen molar-refractivity contribution in [3.8, 4) is 0 Å². The van der Waals surface area contributed by atoms with Crippen LogP contribution in [0.5, 0.6) is 0 Å². The number of fused-ring (bicyclic) bond motifs is 1. The molecule has 0 aliphatic carbocycles. The quantitative estimate of drug-likeness (QED) is 0.507. The van der Waals surface area contributed by atoms with Gasteiger partial charge < -0.3 is 9.72 Å². The van der Waals surface area contributed by atoms with Crippen LogP contribution in [0.2, 0.25) is 5.15 Å². The molecule has 2 rings (SSSR count). The van der Waals surface area contributed by atoms with Crippen LogP contribution in [0.4, 0.5) is 0 Å². The second kappa shape index (κ2) is 5.99. The standard InChI is InChI=1S/C12H14ClN3O3/c1-2-4-19-5-3-16-9-6-10(13)14-7-8(9)15-11(17)12(16)18/h6-7H,2-5H2,1H3,(H,15,17). The Morgan fingerprint density at radius 1 is 1.42 bits per heavy atom.